The highest BCUT2D eigenvalue weighted by molar-refractivity contribution is 9.12. The van der Waals surface area contributed by atoms with E-state index in [-0.39, 0.29) is 9.44 Å². The molecule has 0 amide bonds. The van der Waals surface area contributed by atoms with Gasteiger partial charge in [0.25, 0.3) is 0 Å². The third kappa shape index (κ3) is 1.38. The first-order chi connectivity index (χ1) is 4.15. The van der Waals surface area contributed by atoms with Crippen LogP contribution in [0.25, 0.3) is 0 Å². The molecular formula is C6H7BrOS. The van der Waals surface area contributed by atoms with Crippen LogP contribution in [-0.4, -0.2) is 9.44 Å². The van der Waals surface area contributed by atoms with Crippen LogP contribution >= 0.6 is 27.7 Å². The van der Waals surface area contributed by atoms with Gasteiger partial charge >= 0.3 is 0 Å². The van der Waals surface area contributed by atoms with Crippen molar-refractivity contribution in [3.63, 3.8) is 0 Å². The third-order valence-electron chi connectivity index (χ3n) is 1.26. The molecule has 1 heterocycles. The second kappa shape index (κ2) is 2.46. The zero-order valence-electron chi connectivity index (χ0n) is 5.06. The molecule has 1 aliphatic heterocycles. The van der Waals surface area contributed by atoms with Crippen molar-refractivity contribution in [2.45, 2.75) is 17.0 Å². The van der Waals surface area contributed by atoms with Crippen molar-refractivity contribution in [3.8, 4) is 0 Å². The maximum atomic E-state index is 10.9. The summed E-state index contributed by atoms with van der Waals surface area (Å²) in [6, 6.07) is 0. The Kier molecular flexibility index (Phi) is 2.01. The maximum absolute atomic E-state index is 10.9. The number of carbonyl (C=O) groups excluding carboxylic acids is 1. The monoisotopic (exact) mass is 206 g/mol. The minimum atomic E-state index is -0.326. The summed E-state index contributed by atoms with van der Waals surface area (Å²) in [5.74, 6) is 0.192. The van der Waals surface area contributed by atoms with Crippen molar-refractivity contribution >= 4 is 33.5 Å². The van der Waals surface area contributed by atoms with Crippen molar-refractivity contribution in [1.82, 2.24) is 0 Å². The van der Waals surface area contributed by atoms with E-state index in [2.05, 4.69) is 15.9 Å². The van der Waals surface area contributed by atoms with E-state index in [0.717, 1.165) is 6.42 Å². The van der Waals surface area contributed by atoms with E-state index in [1.54, 1.807) is 6.92 Å². The Morgan fingerprint density at radius 1 is 1.89 bits per heavy atom. The summed E-state index contributed by atoms with van der Waals surface area (Å²) >= 11 is 4.90. The van der Waals surface area contributed by atoms with Gasteiger partial charge in [-0.05, 0) is 18.8 Å². The molecule has 0 saturated carbocycles. The van der Waals surface area contributed by atoms with Crippen LogP contribution in [0.1, 0.15) is 13.3 Å². The highest BCUT2D eigenvalue weighted by Crippen LogP contribution is 2.42. The van der Waals surface area contributed by atoms with Crippen LogP contribution in [0.4, 0.5) is 0 Å². The number of allylic oxidation sites excluding steroid dienone is 1. The van der Waals surface area contributed by atoms with Gasteiger partial charge < -0.3 is 0 Å². The zero-order chi connectivity index (χ0) is 6.91. The number of alkyl halides is 1. The van der Waals surface area contributed by atoms with E-state index in [9.17, 15) is 4.79 Å². The summed E-state index contributed by atoms with van der Waals surface area (Å²) in [5, 5.41) is 1.95. The summed E-state index contributed by atoms with van der Waals surface area (Å²) < 4.78 is -0.326. The molecule has 0 spiro atoms. The molecule has 0 aromatic heterocycles. The lowest BCUT2D eigenvalue weighted by Gasteiger charge is -2.14. The molecule has 0 aromatic rings. The first-order valence-corrected chi connectivity index (χ1v) is 4.35. The average molecular weight is 207 g/mol. The lowest BCUT2D eigenvalue weighted by atomic mass is 10.2. The van der Waals surface area contributed by atoms with Crippen molar-refractivity contribution in [2.75, 3.05) is 0 Å². The lowest BCUT2D eigenvalue weighted by Crippen LogP contribution is -2.21. The summed E-state index contributed by atoms with van der Waals surface area (Å²) in [4.78, 5) is 10.9. The lowest BCUT2D eigenvalue weighted by molar-refractivity contribution is -0.117. The van der Waals surface area contributed by atoms with E-state index in [1.807, 2.05) is 11.5 Å². The van der Waals surface area contributed by atoms with E-state index in [1.165, 1.54) is 11.8 Å². The zero-order valence-corrected chi connectivity index (χ0v) is 7.46. The van der Waals surface area contributed by atoms with Crippen LogP contribution in [0.3, 0.4) is 0 Å². The van der Waals surface area contributed by atoms with Gasteiger partial charge in [-0.3, -0.25) is 4.79 Å². The van der Waals surface area contributed by atoms with Crippen LogP contribution in [-0.2, 0) is 4.79 Å². The Morgan fingerprint density at radius 3 is 2.78 bits per heavy atom. The first kappa shape index (κ1) is 7.35. The molecule has 0 fully saturated rings. The Morgan fingerprint density at radius 2 is 2.56 bits per heavy atom. The molecule has 0 aromatic carbocycles. The number of halogens is 1. The molecule has 1 aliphatic rings. The van der Waals surface area contributed by atoms with Gasteiger partial charge in [0.2, 0.25) is 0 Å². The Bertz CT molecular complexity index is 156. The number of hydrogen-bond donors (Lipinski definition) is 0. The molecule has 0 N–H and O–H groups in total. The van der Waals surface area contributed by atoms with E-state index in [4.69, 9.17) is 0 Å². The molecule has 9 heavy (non-hydrogen) atoms. The normalized spacial score (nSPS) is 33.1. The molecule has 50 valence electrons. The summed E-state index contributed by atoms with van der Waals surface area (Å²) in [7, 11) is 0. The van der Waals surface area contributed by atoms with Crippen molar-refractivity contribution < 1.29 is 4.79 Å². The molecule has 0 bridgehead atoms. The Balaban J connectivity index is 2.66. The molecule has 0 saturated heterocycles. The van der Waals surface area contributed by atoms with Crippen molar-refractivity contribution in [1.29, 1.82) is 0 Å². The van der Waals surface area contributed by atoms with Gasteiger partial charge in [0, 0.05) is 0 Å². The fourth-order valence-corrected chi connectivity index (χ4v) is 1.91. The molecule has 3 heteroatoms. The quantitative estimate of drug-likeness (QED) is 0.613. The van der Waals surface area contributed by atoms with Crippen LogP contribution in [0.2, 0.25) is 0 Å². The molecule has 1 nitrogen and oxygen atoms in total. The number of Topliss-reactive ketones (excluding diaryl/α,β-unsaturated/α-hetero) is 1. The number of rotatable bonds is 1. The molecular weight excluding hydrogens is 200 g/mol. The van der Waals surface area contributed by atoms with Gasteiger partial charge in [-0.15, -0.1) is 11.8 Å². The second-order valence-corrected chi connectivity index (χ2v) is 5.06. The smallest absolute Gasteiger partial charge is 0.157 e. The van der Waals surface area contributed by atoms with Gasteiger partial charge in [-0.2, -0.15) is 0 Å². The number of hydrogen-bond acceptors (Lipinski definition) is 2. The molecule has 1 atom stereocenters. The van der Waals surface area contributed by atoms with Gasteiger partial charge in [-0.25, -0.2) is 0 Å². The molecule has 0 radical (unpaired) electrons. The maximum Gasteiger partial charge on any atom is 0.157 e. The summed E-state index contributed by atoms with van der Waals surface area (Å²) in [5.41, 5.74) is 0. The average Bonchev–Trinajstić information content (AvgIpc) is 2.16. The minimum Gasteiger partial charge on any atom is -0.297 e. The standard InChI is InChI=1S/C6H7BrOS/c1-5(8)6(7)3-2-4-9-6/h2,4H,3H2,1H3. The summed E-state index contributed by atoms with van der Waals surface area (Å²) in [6.45, 7) is 1.61. The highest BCUT2D eigenvalue weighted by atomic mass is 79.9. The SMILES string of the molecule is CC(=O)C1(Br)CC=CS1. The fraction of sp³-hybridized carbons (Fsp3) is 0.500. The third-order valence-corrected chi connectivity index (χ3v) is 3.86. The predicted molar refractivity (Wildman–Crippen MR) is 43.7 cm³/mol. The second-order valence-electron chi connectivity index (χ2n) is 1.98. The number of ketones is 1. The predicted octanol–water partition coefficient (Wildman–Crippen LogP) is 2.32. The first-order valence-electron chi connectivity index (χ1n) is 2.68. The van der Waals surface area contributed by atoms with Gasteiger partial charge in [0.15, 0.2) is 5.78 Å². The minimum absolute atomic E-state index is 0.192. The molecule has 1 unspecified atom stereocenters. The van der Waals surface area contributed by atoms with Gasteiger partial charge in [0.1, 0.15) is 3.66 Å². The summed E-state index contributed by atoms with van der Waals surface area (Å²) in [6.07, 6.45) is 2.81. The van der Waals surface area contributed by atoms with E-state index >= 15 is 0 Å². The molecule has 1 rings (SSSR count). The van der Waals surface area contributed by atoms with Crippen LogP contribution in [0, 0.1) is 0 Å². The van der Waals surface area contributed by atoms with Crippen molar-refractivity contribution in [3.05, 3.63) is 11.5 Å². The van der Waals surface area contributed by atoms with Gasteiger partial charge in [-0.1, -0.05) is 22.0 Å². The Labute approximate surface area is 67.0 Å². The van der Waals surface area contributed by atoms with Crippen LogP contribution < -0.4 is 0 Å². The van der Waals surface area contributed by atoms with Gasteiger partial charge in [0.05, 0.1) is 0 Å². The number of carbonyl (C=O) groups is 1. The van der Waals surface area contributed by atoms with Crippen LogP contribution in [0.15, 0.2) is 11.5 Å². The highest BCUT2D eigenvalue weighted by Gasteiger charge is 2.33. The van der Waals surface area contributed by atoms with E-state index < -0.39 is 0 Å². The molecule has 0 aliphatic carbocycles. The largest absolute Gasteiger partial charge is 0.297 e. The van der Waals surface area contributed by atoms with E-state index in [0.29, 0.717) is 0 Å². The number of thioether (sulfide) groups is 1. The Hall–Kier alpha value is 0.240. The van der Waals surface area contributed by atoms with Crippen molar-refractivity contribution in [2.24, 2.45) is 0 Å². The van der Waals surface area contributed by atoms with Crippen LogP contribution in [0.5, 0.6) is 0 Å². The fourth-order valence-electron chi connectivity index (χ4n) is 0.630. The topological polar surface area (TPSA) is 17.1 Å².